The fourth-order valence-corrected chi connectivity index (χ4v) is 2.18. The predicted octanol–water partition coefficient (Wildman–Crippen LogP) is 2.52. The van der Waals surface area contributed by atoms with Gasteiger partial charge in [0.05, 0.1) is 6.10 Å². The standard InChI is InChI=1S/C16H27FN2O/c1-4-9-19(12-11-18(2)3)10-8-16(20)14-6-5-7-15(17)13-14/h5-7,13,16,20H,4,8-12H2,1-3H3. The van der Waals surface area contributed by atoms with Crippen LogP contribution in [0.2, 0.25) is 0 Å². The summed E-state index contributed by atoms with van der Waals surface area (Å²) in [6, 6.07) is 6.23. The number of nitrogens with zero attached hydrogens (tertiary/aromatic N) is 2. The van der Waals surface area contributed by atoms with Gasteiger partial charge in [0.25, 0.3) is 0 Å². The van der Waals surface area contributed by atoms with E-state index in [1.54, 1.807) is 12.1 Å². The molecular weight excluding hydrogens is 255 g/mol. The van der Waals surface area contributed by atoms with Crippen LogP contribution in [0.4, 0.5) is 4.39 Å². The molecule has 1 atom stereocenters. The van der Waals surface area contributed by atoms with E-state index in [-0.39, 0.29) is 5.82 Å². The lowest BCUT2D eigenvalue weighted by molar-refractivity contribution is 0.138. The molecule has 0 spiro atoms. The first-order valence-corrected chi connectivity index (χ1v) is 7.33. The van der Waals surface area contributed by atoms with E-state index in [0.717, 1.165) is 32.6 Å². The number of rotatable bonds is 9. The summed E-state index contributed by atoms with van der Waals surface area (Å²) >= 11 is 0. The lowest BCUT2D eigenvalue weighted by atomic mass is 10.1. The monoisotopic (exact) mass is 282 g/mol. The molecule has 0 aromatic heterocycles. The van der Waals surface area contributed by atoms with Crippen LogP contribution in [0.15, 0.2) is 24.3 Å². The molecule has 1 aromatic carbocycles. The van der Waals surface area contributed by atoms with Crippen molar-refractivity contribution >= 4 is 0 Å². The van der Waals surface area contributed by atoms with Crippen molar-refractivity contribution in [3.05, 3.63) is 35.6 Å². The number of hydrogen-bond donors (Lipinski definition) is 1. The van der Waals surface area contributed by atoms with Crippen molar-refractivity contribution in [2.75, 3.05) is 40.3 Å². The third kappa shape index (κ3) is 6.46. The van der Waals surface area contributed by atoms with Crippen LogP contribution in [0.5, 0.6) is 0 Å². The lowest BCUT2D eigenvalue weighted by Gasteiger charge is -2.24. The summed E-state index contributed by atoms with van der Waals surface area (Å²) in [4.78, 5) is 4.51. The van der Waals surface area contributed by atoms with Crippen LogP contribution in [0, 0.1) is 5.82 Å². The van der Waals surface area contributed by atoms with Crippen LogP contribution in [-0.2, 0) is 0 Å². The summed E-state index contributed by atoms with van der Waals surface area (Å²) in [5.74, 6) is -0.292. The smallest absolute Gasteiger partial charge is 0.123 e. The quantitative estimate of drug-likeness (QED) is 0.754. The molecule has 0 saturated heterocycles. The van der Waals surface area contributed by atoms with E-state index in [1.807, 2.05) is 0 Å². The Labute approximate surface area is 122 Å². The van der Waals surface area contributed by atoms with Gasteiger partial charge >= 0.3 is 0 Å². The van der Waals surface area contributed by atoms with Gasteiger partial charge in [-0.1, -0.05) is 19.1 Å². The van der Waals surface area contributed by atoms with Gasteiger partial charge in [0.1, 0.15) is 5.82 Å². The molecule has 3 nitrogen and oxygen atoms in total. The van der Waals surface area contributed by atoms with Crippen molar-refractivity contribution in [3.63, 3.8) is 0 Å². The van der Waals surface area contributed by atoms with Crippen molar-refractivity contribution < 1.29 is 9.50 Å². The second kappa shape index (κ2) is 9.06. The van der Waals surface area contributed by atoms with Crippen LogP contribution >= 0.6 is 0 Å². The van der Waals surface area contributed by atoms with Crippen LogP contribution in [0.1, 0.15) is 31.4 Å². The average molecular weight is 282 g/mol. The zero-order chi connectivity index (χ0) is 15.0. The van der Waals surface area contributed by atoms with E-state index in [2.05, 4.69) is 30.8 Å². The van der Waals surface area contributed by atoms with Crippen molar-refractivity contribution in [1.82, 2.24) is 9.80 Å². The second-order valence-corrected chi connectivity index (χ2v) is 5.50. The first-order valence-electron chi connectivity index (χ1n) is 7.33. The van der Waals surface area contributed by atoms with Gasteiger partial charge in [0, 0.05) is 19.6 Å². The molecule has 1 N–H and O–H groups in total. The molecule has 114 valence electrons. The Morgan fingerprint density at radius 1 is 1.15 bits per heavy atom. The van der Waals surface area contributed by atoms with Gasteiger partial charge in [-0.05, 0) is 51.2 Å². The van der Waals surface area contributed by atoms with E-state index < -0.39 is 6.10 Å². The average Bonchev–Trinajstić information content (AvgIpc) is 2.41. The Kier molecular flexibility index (Phi) is 7.73. The maximum atomic E-state index is 13.1. The Hall–Kier alpha value is -0.970. The van der Waals surface area contributed by atoms with E-state index in [0.29, 0.717) is 12.0 Å². The minimum absolute atomic E-state index is 0.292. The molecule has 0 heterocycles. The van der Waals surface area contributed by atoms with Crippen molar-refractivity contribution in [2.45, 2.75) is 25.9 Å². The molecule has 1 unspecified atom stereocenters. The van der Waals surface area contributed by atoms with E-state index in [1.165, 1.54) is 12.1 Å². The SMILES string of the molecule is CCCN(CCC(O)c1cccc(F)c1)CCN(C)C. The van der Waals surface area contributed by atoms with Crippen LogP contribution in [0.25, 0.3) is 0 Å². The normalized spacial score (nSPS) is 13.2. The molecule has 4 heteroatoms. The van der Waals surface area contributed by atoms with Gasteiger partial charge in [-0.15, -0.1) is 0 Å². The summed E-state index contributed by atoms with van der Waals surface area (Å²) in [6.45, 7) is 6.03. The highest BCUT2D eigenvalue weighted by atomic mass is 19.1. The number of aliphatic hydroxyl groups is 1. The topological polar surface area (TPSA) is 26.7 Å². The van der Waals surface area contributed by atoms with Crippen LogP contribution in [-0.4, -0.2) is 55.2 Å². The largest absolute Gasteiger partial charge is 0.388 e. The molecule has 20 heavy (non-hydrogen) atoms. The Balaban J connectivity index is 2.45. The number of halogens is 1. The summed E-state index contributed by atoms with van der Waals surface area (Å²) in [6.07, 6.45) is 1.14. The third-order valence-electron chi connectivity index (χ3n) is 3.36. The number of hydrogen-bond acceptors (Lipinski definition) is 3. The summed E-state index contributed by atoms with van der Waals surface area (Å²) in [5, 5.41) is 10.1. The number of benzene rings is 1. The molecule has 0 amide bonds. The predicted molar refractivity (Wildman–Crippen MR) is 81.3 cm³/mol. The Bertz CT molecular complexity index is 384. The molecule has 0 aliphatic rings. The minimum atomic E-state index is -0.593. The first-order chi connectivity index (χ1) is 9.52. The Morgan fingerprint density at radius 3 is 2.50 bits per heavy atom. The van der Waals surface area contributed by atoms with E-state index >= 15 is 0 Å². The van der Waals surface area contributed by atoms with Gasteiger partial charge in [-0.3, -0.25) is 0 Å². The van der Waals surface area contributed by atoms with Crippen molar-refractivity contribution in [1.29, 1.82) is 0 Å². The molecule has 0 aliphatic heterocycles. The van der Waals surface area contributed by atoms with Gasteiger partial charge in [-0.2, -0.15) is 0 Å². The van der Waals surface area contributed by atoms with Crippen molar-refractivity contribution in [3.8, 4) is 0 Å². The molecule has 0 fully saturated rings. The molecule has 0 saturated carbocycles. The maximum absolute atomic E-state index is 13.1. The molecule has 1 rings (SSSR count). The molecule has 0 radical (unpaired) electrons. The van der Waals surface area contributed by atoms with Gasteiger partial charge in [0.2, 0.25) is 0 Å². The molecular formula is C16H27FN2O. The zero-order valence-corrected chi connectivity index (χ0v) is 12.8. The highest BCUT2D eigenvalue weighted by molar-refractivity contribution is 5.18. The second-order valence-electron chi connectivity index (χ2n) is 5.50. The Morgan fingerprint density at radius 2 is 1.90 bits per heavy atom. The van der Waals surface area contributed by atoms with E-state index in [9.17, 15) is 9.50 Å². The van der Waals surface area contributed by atoms with Gasteiger partial charge < -0.3 is 14.9 Å². The third-order valence-corrected chi connectivity index (χ3v) is 3.36. The molecule has 0 bridgehead atoms. The minimum Gasteiger partial charge on any atom is -0.388 e. The molecule has 0 aliphatic carbocycles. The zero-order valence-electron chi connectivity index (χ0n) is 12.8. The van der Waals surface area contributed by atoms with Crippen molar-refractivity contribution in [2.24, 2.45) is 0 Å². The fraction of sp³-hybridized carbons (Fsp3) is 0.625. The highest BCUT2D eigenvalue weighted by Gasteiger charge is 2.11. The summed E-state index contributed by atoms with van der Waals surface area (Å²) < 4.78 is 13.1. The summed E-state index contributed by atoms with van der Waals surface area (Å²) in [7, 11) is 4.12. The van der Waals surface area contributed by atoms with Crippen LogP contribution in [0.3, 0.4) is 0 Å². The maximum Gasteiger partial charge on any atom is 0.123 e. The van der Waals surface area contributed by atoms with Gasteiger partial charge in [0.15, 0.2) is 0 Å². The lowest BCUT2D eigenvalue weighted by Crippen LogP contribution is -2.33. The van der Waals surface area contributed by atoms with E-state index in [4.69, 9.17) is 0 Å². The number of aliphatic hydroxyl groups excluding tert-OH is 1. The molecule has 1 aromatic rings. The number of likely N-dealkylation sites (N-methyl/N-ethyl adjacent to an activating group) is 1. The summed E-state index contributed by atoms with van der Waals surface area (Å²) in [5.41, 5.74) is 0.661. The van der Waals surface area contributed by atoms with Gasteiger partial charge in [-0.25, -0.2) is 4.39 Å². The fourth-order valence-electron chi connectivity index (χ4n) is 2.18. The van der Waals surface area contributed by atoms with Crippen LogP contribution < -0.4 is 0 Å². The highest BCUT2D eigenvalue weighted by Crippen LogP contribution is 2.17. The first kappa shape index (κ1) is 17.1.